The van der Waals surface area contributed by atoms with Gasteiger partial charge in [-0.05, 0) is 44.0 Å². The lowest BCUT2D eigenvalue weighted by atomic mass is 9.83. The van der Waals surface area contributed by atoms with E-state index in [9.17, 15) is 9.59 Å². The fraction of sp³-hybridized carbons (Fsp3) is 0.704. The number of amides is 2. The van der Waals surface area contributed by atoms with E-state index in [1.807, 2.05) is 11.0 Å². The molecule has 0 aliphatic carbocycles. The Hall–Kier alpha value is -2.36. The summed E-state index contributed by atoms with van der Waals surface area (Å²) in [4.78, 5) is 35.4. The lowest BCUT2D eigenvalue weighted by Crippen LogP contribution is -2.62. The van der Waals surface area contributed by atoms with E-state index < -0.39 is 0 Å². The maximum absolute atomic E-state index is 13.5. The Bertz CT molecular complexity index is 915. The van der Waals surface area contributed by atoms with Crippen LogP contribution in [0.4, 0.5) is 5.69 Å². The lowest BCUT2D eigenvalue weighted by Gasteiger charge is -2.49. The van der Waals surface area contributed by atoms with Crippen LogP contribution in [0, 0.1) is 5.92 Å². The second kappa shape index (κ2) is 11.8. The molecule has 198 valence electrons. The van der Waals surface area contributed by atoms with Crippen molar-refractivity contribution in [1.29, 1.82) is 0 Å². The molecule has 1 aromatic carbocycles. The van der Waals surface area contributed by atoms with Crippen molar-refractivity contribution >= 4 is 17.5 Å². The molecule has 4 heterocycles. The monoisotopic (exact) mass is 499 g/mol. The number of piperazine rings is 1. The molecule has 4 aliphatic rings. The number of carbonyl (C=O) groups is 2. The van der Waals surface area contributed by atoms with E-state index in [0.717, 1.165) is 44.2 Å². The smallest absolute Gasteiger partial charge is 0.236 e. The molecule has 0 saturated carbocycles. The number of rotatable bonds is 7. The van der Waals surface area contributed by atoms with E-state index >= 15 is 0 Å². The Morgan fingerprint density at radius 1 is 1.03 bits per heavy atom. The SMILES string of the molecule is COc1ccc2c(c1)N1CCN(CC(=O)N3CCOCC3)CC1C(C(=O)NCCN1CCCCC1)C2. The van der Waals surface area contributed by atoms with E-state index in [-0.39, 0.29) is 23.8 Å². The topological polar surface area (TPSA) is 77.6 Å². The van der Waals surface area contributed by atoms with Crippen molar-refractivity contribution in [2.75, 3.05) is 90.7 Å². The van der Waals surface area contributed by atoms with Gasteiger partial charge in [0.1, 0.15) is 5.75 Å². The van der Waals surface area contributed by atoms with Gasteiger partial charge in [-0.25, -0.2) is 0 Å². The predicted octanol–water partition coefficient (Wildman–Crippen LogP) is 0.819. The van der Waals surface area contributed by atoms with Crippen LogP contribution in [-0.2, 0) is 20.7 Å². The highest BCUT2D eigenvalue weighted by molar-refractivity contribution is 5.82. The third kappa shape index (κ3) is 5.79. The highest BCUT2D eigenvalue weighted by Crippen LogP contribution is 2.38. The molecule has 3 saturated heterocycles. The van der Waals surface area contributed by atoms with Crippen LogP contribution in [-0.4, -0.2) is 118 Å². The van der Waals surface area contributed by atoms with E-state index in [1.165, 1.54) is 24.8 Å². The minimum Gasteiger partial charge on any atom is -0.497 e. The number of fused-ring (bicyclic) bond motifs is 3. The third-order valence-corrected chi connectivity index (χ3v) is 8.24. The molecular formula is C27H41N5O4. The van der Waals surface area contributed by atoms with Crippen molar-refractivity contribution in [2.45, 2.75) is 31.7 Å². The van der Waals surface area contributed by atoms with Crippen LogP contribution in [0.2, 0.25) is 0 Å². The number of nitrogens with zero attached hydrogens (tertiary/aromatic N) is 4. The number of nitrogens with one attached hydrogen (secondary N) is 1. The number of ether oxygens (including phenoxy) is 2. The summed E-state index contributed by atoms with van der Waals surface area (Å²) in [5.74, 6) is 0.979. The van der Waals surface area contributed by atoms with Gasteiger partial charge in [0, 0.05) is 57.6 Å². The van der Waals surface area contributed by atoms with Crippen LogP contribution in [0.3, 0.4) is 0 Å². The molecule has 0 radical (unpaired) electrons. The molecule has 1 N–H and O–H groups in total. The fourth-order valence-corrected chi connectivity index (χ4v) is 6.16. The molecule has 3 fully saturated rings. The molecule has 2 amide bonds. The molecule has 0 aromatic heterocycles. The zero-order chi connectivity index (χ0) is 24.9. The van der Waals surface area contributed by atoms with Crippen LogP contribution in [0.5, 0.6) is 5.75 Å². The average molecular weight is 500 g/mol. The summed E-state index contributed by atoms with van der Waals surface area (Å²) in [6.45, 7) is 9.13. The van der Waals surface area contributed by atoms with Crippen LogP contribution in [0.25, 0.3) is 0 Å². The van der Waals surface area contributed by atoms with Gasteiger partial charge in [0.05, 0.1) is 38.8 Å². The average Bonchev–Trinajstić information content (AvgIpc) is 2.93. The normalized spacial score (nSPS) is 25.1. The van der Waals surface area contributed by atoms with Crippen molar-refractivity contribution in [3.8, 4) is 5.75 Å². The molecule has 36 heavy (non-hydrogen) atoms. The second-order valence-electron chi connectivity index (χ2n) is 10.5. The zero-order valence-corrected chi connectivity index (χ0v) is 21.6. The van der Waals surface area contributed by atoms with Gasteiger partial charge in [-0.15, -0.1) is 0 Å². The summed E-state index contributed by atoms with van der Waals surface area (Å²) in [6, 6.07) is 6.22. The molecule has 9 nitrogen and oxygen atoms in total. The van der Waals surface area contributed by atoms with Crippen molar-refractivity contribution < 1.29 is 19.1 Å². The summed E-state index contributed by atoms with van der Waals surface area (Å²) in [6.07, 6.45) is 4.54. The van der Waals surface area contributed by atoms with Crippen LogP contribution in [0.15, 0.2) is 18.2 Å². The van der Waals surface area contributed by atoms with Gasteiger partial charge in [0.25, 0.3) is 0 Å². The van der Waals surface area contributed by atoms with Gasteiger partial charge >= 0.3 is 0 Å². The fourth-order valence-electron chi connectivity index (χ4n) is 6.16. The van der Waals surface area contributed by atoms with Crippen molar-refractivity contribution in [3.63, 3.8) is 0 Å². The van der Waals surface area contributed by atoms with E-state index in [4.69, 9.17) is 9.47 Å². The summed E-state index contributed by atoms with van der Waals surface area (Å²) >= 11 is 0. The lowest BCUT2D eigenvalue weighted by molar-refractivity contribution is -0.136. The number of hydrogen-bond donors (Lipinski definition) is 1. The Labute approximate surface area is 214 Å². The van der Waals surface area contributed by atoms with Crippen molar-refractivity contribution in [3.05, 3.63) is 23.8 Å². The van der Waals surface area contributed by atoms with Gasteiger partial charge in [0.2, 0.25) is 11.8 Å². The minimum absolute atomic E-state index is 0.0332. The quantitative estimate of drug-likeness (QED) is 0.595. The van der Waals surface area contributed by atoms with E-state index in [0.29, 0.717) is 52.4 Å². The van der Waals surface area contributed by atoms with E-state index in [2.05, 4.69) is 32.1 Å². The molecule has 2 unspecified atom stereocenters. The van der Waals surface area contributed by atoms with Crippen LogP contribution >= 0.6 is 0 Å². The van der Waals surface area contributed by atoms with Crippen LogP contribution < -0.4 is 15.0 Å². The number of piperidine rings is 1. The number of anilines is 1. The molecular weight excluding hydrogens is 458 g/mol. The zero-order valence-electron chi connectivity index (χ0n) is 21.6. The first kappa shape index (κ1) is 25.3. The molecule has 2 atom stereocenters. The number of likely N-dealkylation sites (tertiary alicyclic amines) is 1. The maximum Gasteiger partial charge on any atom is 0.236 e. The van der Waals surface area contributed by atoms with Gasteiger partial charge < -0.3 is 29.5 Å². The Kier molecular flexibility index (Phi) is 8.29. The predicted molar refractivity (Wildman–Crippen MR) is 138 cm³/mol. The maximum atomic E-state index is 13.5. The Balaban J connectivity index is 1.27. The largest absolute Gasteiger partial charge is 0.497 e. The molecule has 1 aromatic rings. The highest BCUT2D eigenvalue weighted by atomic mass is 16.5. The Morgan fingerprint density at radius 2 is 1.83 bits per heavy atom. The Morgan fingerprint density at radius 3 is 2.61 bits per heavy atom. The number of carbonyl (C=O) groups excluding carboxylic acids is 2. The minimum atomic E-state index is -0.145. The number of methoxy groups -OCH3 is 1. The first-order valence-electron chi connectivity index (χ1n) is 13.6. The first-order valence-corrected chi connectivity index (χ1v) is 13.6. The summed E-state index contributed by atoms with van der Waals surface area (Å²) in [5.41, 5.74) is 2.36. The van der Waals surface area contributed by atoms with E-state index in [1.54, 1.807) is 7.11 Å². The number of benzene rings is 1. The van der Waals surface area contributed by atoms with Gasteiger partial charge in [-0.3, -0.25) is 14.5 Å². The van der Waals surface area contributed by atoms with Crippen molar-refractivity contribution in [1.82, 2.24) is 20.0 Å². The third-order valence-electron chi connectivity index (χ3n) is 8.24. The van der Waals surface area contributed by atoms with Crippen molar-refractivity contribution in [2.24, 2.45) is 5.92 Å². The van der Waals surface area contributed by atoms with Gasteiger partial charge in [-0.2, -0.15) is 0 Å². The molecule has 0 bridgehead atoms. The van der Waals surface area contributed by atoms with Gasteiger partial charge in [0.15, 0.2) is 0 Å². The van der Waals surface area contributed by atoms with Gasteiger partial charge in [-0.1, -0.05) is 12.5 Å². The second-order valence-corrected chi connectivity index (χ2v) is 10.5. The summed E-state index contributed by atoms with van der Waals surface area (Å²) in [5, 5.41) is 3.25. The number of hydrogen-bond acceptors (Lipinski definition) is 7. The standard InChI is InChI=1S/C27H41N5O4/c1-35-22-6-5-21-17-23(27(34)28-7-10-29-8-3-2-4-9-29)25-19-30(11-12-32(25)24(21)18-22)20-26(33)31-13-15-36-16-14-31/h5-6,18,23,25H,2-4,7-17,19-20H2,1H3,(H,28,34). The molecule has 0 spiro atoms. The molecule has 9 heteroatoms. The van der Waals surface area contributed by atoms with Crippen LogP contribution in [0.1, 0.15) is 24.8 Å². The number of morpholine rings is 1. The first-order chi connectivity index (χ1) is 17.6. The molecule has 4 aliphatic heterocycles. The highest BCUT2D eigenvalue weighted by Gasteiger charge is 2.42. The summed E-state index contributed by atoms with van der Waals surface area (Å²) in [7, 11) is 1.69. The summed E-state index contributed by atoms with van der Waals surface area (Å²) < 4.78 is 10.9. The molecule has 5 rings (SSSR count).